The van der Waals surface area contributed by atoms with Gasteiger partial charge in [-0.1, -0.05) is 45.4 Å². The average molecular weight is 349 g/mol. The van der Waals surface area contributed by atoms with E-state index in [1.807, 2.05) is 30.3 Å². The smallest absolute Gasteiger partial charge is 0.189 e. The number of rotatable bonds is 5. The second-order valence-corrected chi connectivity index (χ2v) is 5.47. The number of nitrogens with zero attached hydrogens (tertiary/aromatic N) is 2. The molecular formula is C15H17BrN4O. The van der Waals surface area contributed by atoms with Crippen molar-refractivity contribution in [2.75, 3.05) is 0 Å². The van der Waals surface area contributed by atoms with Crippen molar-refractivity contribution < 1.29 is 5.21 Å². The third-order valence-corrected chi connectivity index (χ3v) is 3.93. The van der Waals surface area contributed by atoms with Crippen molar-refractivity contribution in [3.8, 4) is 0 Å². The molecule has 0 saturated carbocycles. The van der Waals surface area contributed by atoms with Gasteiger partial charge in [0.2, 0.25) is 0 Å². The molecular weight excluding hydrogens is 332 g/mol. The quantitative estimate of drug-likeness (QED) is 0.335. The van der Waals surface area contributed by atoms with Gasteiger partial charge in [-0.05, 0) is 30.2 Å². The van der Waals surface area contributed by atoms with Crippen LogP contribution >= 0.6 is 15.9 Å². The number of halogens is 1. The van der Waals surface area contributed by atoms with E-state index in [0.717, 1.165) is 10.0 Å². The first-order chi connectivity index (χ1) is 10.1. The third kappa shape index (κ3) is 3.80. The highest BCUT2D eigenvalue weighted by atomic mass is 79.9. The molecule has 0 saturated heterocycles. The summed E-state index contributed by atoms with van der Waals surface area (Å²) in [6, 6.07) is 12.0. The van der Waals surface area contributed by atoms with Crippen LogP contribution in [0.5, 0.6) is 0 Å². The van der Waals surface area contributed by atoms with Crippen LogP contribution in [0.15, 0.2) is 52.2 Å². The van der Waals surface area contributed by atoms with Gasteiger partial charge in [-0.15, -0.1) is 0 Å². The minimum Gasteiger partial charge on any atom is -0.409 e. The first-order valence-electron chi connectivity index (χ1n) is 6.53. The van der Waals surface area contributed by atoms with E-state index in [1.165, 1.54) is 5.56 Å². The zero-order chi connectivity index (χ0) is 15.2. The molecule has 0 bridgehead atoms. The molecule has 2 rings (SSSR count). The minimum absolute atomic E-state index is 0.0148. The first-order valence-corrected chi connectivity index (χ1v) is 7.32. The van der Waals surface area contributed by atoms with Gasteiger partial charge in [0.25, 0.3) is 0 Å². The van der Waals surface area contributed by atoms with Crippen molar-refractivity contribution in [3.63, 3.8) is 0 Å². The molecule has 0 aliphatic rings. The first kappa shape index (κ1) is 15.5. The van der Waals surface area contributed by atoms with Gasteiger partial charge in [0.05, 0.1) is 0 Å². The molecule has 0 fully saturated rings. The molecule has 0 radical (unpaired) electrons. The van der Waals surface area contributed by atoms with Crippen LogP contribution in [0.25, 0.3) is 0 Å². The van der Waals surface area contributed by atoms with E-state index in [4.69, 9.17) is 10.9 Å². The Bertz CT molecular complexity index is 645. The highest BCUT2D eigenvalue weighted by molar-refractivity contribution is 9.10. The van der Waals surface area contributed by atoms with Gasteiger partial charge in [0.1, 0.15) is 5.69 Å². The lowest BCUT2D eigenvalue weighted by Crippen LogP contribution is -2.23. The number of nitrogens with two attached hydrogens (primary N) is 1. The van der Waals surface area contributed by atoms with Crippen LogP contribution in [0.4, 0.5) is 0 Å². The number of nitrogens with one attached hydrogen (secondary N) is 1. The number of aromatic nitrogens is 1. The maximum atomic E-state index is 8.80. The van der Waals surface area contributed by atoms with Gasteiger partial charge in [0.15, 0.2) is 5.84 Å². The number of oxime groups is 1. The summed E-state index contributed by atoms with van der Waals surface area (Å²) < 4.78 is 1.06. The number of hydrogen-bond donors (Lipinski definition) is 3. The van der Waals surface area contributed by atoms with Crippen LogP contribution in [-0.2, 0) is 6.54 Å². The number of pyridine rings is 1. The summed E-state index contributed by atoms with van der Waals surface area (Å²) in [4.78, 5) is 4.15. The molecule has 0 amide bonds. The van der Waals surface area contributed by atoms with Crippen molar-refractivity contribution in [3.05, 3.63) is 63.9 Å². The molecule has 21 heavy (non-hydrogen) atoms. The van der Waals surface area contributed by atoms with Crippen LogP contribution in [0.1, 0.15) is 29.8 Å². The fourth-order valence-corrected chi connectivity index (χ4v) is 2.69. The molecule has 0 spiro atoms. The van der Waals surface area contributed by atoms with E-state index < -0.39 is 0 Å². The summed E-state index contributed by atoms with van der Waals surface area (Å²) in [5, 5.41) is 15.2. The Kier molecular flexibility index (Phi) is 5.30. The lowest BCUT2D eigenvalue weighted by molar-refractivity contribution is 0.318. The predicted octanol–water partition coefficient (Wildman–Crippen LogP) is 2.79. The van der Waals surface area contributed by atoms with Crippen molar-refractivity contribution in [1.82, 2.24) is 10.3 Å². The fraction of sp³-hybridized carbons (Fsp3) is 0.200. The second-order valence-electron chi connectivity index (χ2n) is 4.62. The number of amidine groups is 1. The molecule has 4 N–H and O–H groups in total. The molecule has 5 nitrogen and oxygen atoms in total. The Morgan fingerprint density at radius 3 is 2.86 bits per heavy atom. The highest BCUT2D eigenvalue weighted by Gasteiger charge is 2.11. The Labute approximate surface area is 132 Å². The van der Waals surface area contributed by atoms with Gasteiger partial charge in [0, 0.05) is 23.3 Å². The van der Waals surface area contributed by atoms with Crippen LogP contribution in [0, 0.1) is 0 Å². The van der Waals surface area contributed by atoms with Crippen LogP contribution < -0.4 is 11.1 Å². The van der Waals surface area contributed by atoms with Crippen LogP contribution in [0.2, 0.25) is 0 Å². The summed E-state index contributed by atoms with van der Waals surface area (Å²) in [7, 11) is 0. The van der Waals surface area contributed by atoms with E-state index in [-0.39, 0.29) is 11.9 Å². The largest absolute Gasteiger partial charge is 0.409 e. The molecule has 0 aliphatic carbocycles. The van der Waals surface area contributed by atoms with E-state index in [9.17, 15) is 0 Å². The van der Waals surface area contributed by atoms with Crippen molar-refractivity contribution >= 4 is 21.8 Å². The summed E-state index contributed by atoms with van der Waals surface area (Å²) in [6.07, 6.45) is 1.62. The lowest BCUT2D eigenvalue weighted by atomic mass is 10.1. The lowest BCUT2D eigenvalue weighted by Gasteiger charge is -2.16. The highest BCUT2D eigenvalue weighted by Crippen LogP contribution is 2.23. The average Bonchev–Trinajstić information content (AvgIpc) is 2.52. The maximum Gasteiger partial charge on any atom is 0.189 e. The zero-order valence-corrected chi connectivity index (χ0v) is 13.2. The van der Waals surface area contributed by atoms with Crippen molar-refractivity contribution in [2.45, 2.75) is 19.5 Å². The third-order valence-electron chi connectivity index (χ3n) is 3.21. The monoisotopic (exact) mass is 348 g/mol. The summed E-state index contributed by atoms with van der Waals surface area (Å²) in [6.45, 7) is 2.65. The summed E-state index contributed by atoms with van der Waals surface area (Å²) >= 11 is 3.55. The van der Waals surface area contributed by atoms with E-state index in [2.05, 4.69) is 44.4 Å². The van der Waals surface area contributed by atoms with E-state index in [1.54, 1.807) is 6.20 Å². The predicted molar refractivity (Wildman–Crippen MR) is 86.1 cm³/mol. The van der Waals surface area contributed by atoms with Gasteiger partial charge < -0.3 is 16.3 Å². The maximum absolute atomic E-state index is 8.80. The Morgan fingerprint density at radius 1 is 1.38 bits per heavy atom. The van der Waals surface area contributed by atoms with E-state index >= 15 is 0 Å². The SMILES string of the molecule is C[C@H](NCc1cccnc1/C(N)=N/O)c1ccccc1Br. The molecule has 1 aromatic carbocycles. The Hall–Kier alpha value is -1.92. The minimum atomic E-state index is 0.0148. The van der Waals surface area contributed by atoms with Gasteiger partial charge in [-0.25, -0.2) is 0 Å². The molecule has 1 aromatic heterocycles. The Balaban J connectivity index is 2.12. The van der Waals surface area contributed by atoms with Crippen molar-refractivity contribution in [1.29, 1.82) is 0 Å². The Morgan fingerprint density at radius 2 is 2.14 bits per heavy atom. The molecule has 6 heteroatoms. The van der Waals surface area contributed by atoms with Gasteiger partial charge in [-0.3, -0.25) is 4.98 Å². The number of benzene rings is 1. The van der Waals surface area contributed by atoms with Crippen molar-refractivity contribution in [2.24, 2.45) is 10.9 Å². The molecule has 110 valence electrons. The second kappa shape index (κ2) is 7.19. The van der Waals surface area contributed by atoms with Crippen LogP contribution in [0.3, 0.4) is 0 Å². The van der Waals surface area contributed by atoms with Crippen LogP contribution in [-0.4, -0.2) is 16.0 Å². The molecule has 1 heterocycles. The molecule has 2 aromatic rings. The fourth-order valence-electron chi connectivity index (χ4n) is 2.06. The number of hydrogen-bond acceptors (Lipinski definition) is 4. The molecule has 1 atom stereocenters. The summed E-state index contributed by atoms with van der Waals surface area (Å²) in [5.41, 5.74) is 8.19. The summed E-state index contributed by atoms with van der Waals surface area (Å²) in [5.74, 6) is 0.0148. The van der Waals surface area contributed by atoms with Gasteiger partial charge in [-0.2, -0.15) is 0 Å². The van der Waals surface area contributed by atoms with E-state index in [0.29, 0.717) is 12.2 Å². The molecule has 0 aliphatic heterocycles. The molecule has 0 unspecified atom stereocenters. The zero-order valence-electron chi connectivity index (χ0n) is 11.6. The topological polar surface area (TPSA) is 83.5 Å². The van der Waals surface area contributed by atoms with Gasteiger partial charge >= 0.3 is 0 Å². The normalized spacial score (nSPS) is 13.1. The standard InChI is InChI=1S/C15H17BrN4O/c1-10(12-6-2-3-7-13(12)16)19-9-11-5-4-8-18-14(11)15(17)20-21/h2-8,10,19,21H,9H2,1H3,(H2,17,20)/t10-/m0/s1.